The zero-order chi connectivity index (χ0) is 12.5. The Kier molecular flexibility index (Phi) is 3.20. The largest absolute Gasteiger partial charge is 0.477 e. The van der Waals surface area contributed by atoms with Crippen molar-refractivity contribution < 1.29 is 19.2 Å². The third kappa shape index (κ3) is 1.85. The molecule has 0 fully saturated rings. The van der Waals surface area contributed by atoms with E-state index in [-0.39, 0.29) is 4.47 Å². The molecular formula is C8H2BrFN2O4. The van der Waals surface area contributed by atoms with Gasteiger partial charge in [-0.25, -0.2) is 9.18 Å². The lowest BCUT2D eigenvalue weighted by Crippen LogP contribution is -2.08. The maximum atomic E-state index is 13.3. The number of carboxylic acid groups (broad SMARTS) is 1. The smallest absolute Gasteiger partial charge is 0.345 e. The second-order valence-corrected chi connectivity index (χ2v) is 3.47. The molecule has 1 N–H and O–H groups in total. The Hall–Kier alpha value is -2.01. The van der Waals surface area contributed by atoms with Crippen molar-refractivity contribution in [2.75, 3.05) is 0 Å². The number of hydrogen-bond donors (Lipinski definition) is 1. The number of aromatic carboxylic acids is 1. The van der Waals surface area contributed by atoms with Gasteiger partial charge in [-0.2, -0.15) is 5.26 Å². The first-order chi connectivity index (χ1) is 7.40. The lowest BCUT2D eigenvalue weighted by molar-refractivity contribution is -0.385. The van der Waals surface area contributed by atoms with Gasteiger partial charge in [0, 0.05) is 0 Å². The van der Waals surface area contributed by atoms with Gasteiger partial charge in [0.15, 0.2) is 11.4 Å². The van der Waals surface area contributed by atoms with Gasteiger partial charge in [-0.05, 0) is 22.0 Å². The summed E-state index contributed by atoms with van der Waals surface area (Å²) in [6, 6.07) is 2.30. The topological polar surface area (TPSA) is 104 Å². The molecule has 0 aliphatic heterocycles. The molecule has 0 bridgehead atoms. The first-order valence-corrected chi connectivity index (χ1v) is 4.49. The summed E-state index contributed by atoms with van der Waals surface area (Å²) in [5.74, 6) is -3.08. The number of nitro benzene ring substituents is 1. The van der Waals surface area contributed by atoms with Gasteiger partial charge in [-0.15, -0.1) is 0 Å². The van der Waals surface area contributed by atoms with Gasteiger partial charge in [-0.3, -0.25) is 10.1 Å². The summed E-state index contributed by atoms with van der Waals surface area (Å²) >= 11 is 2.68. The second-order valence-electron chi connectivity index (χ2n) is 2.62. The molecule has 0 unspecified atom stereocenters. The Labute approximate surface area is 96.2 Å². The van der Waals surface area contributed by atoms with Gasteiger partial charge in [0.1, 0.15) is 11.6 Å². The van der Waals surface area contributed by atoms with Crippen molar-refractivity contribution in [1.29, 1.82) is 5.26 Å². The van der Waals surface area contributed by atoms with Crippen LogP contribution in [0.3, 0.4) is 0 Å². The fourth-order valence-corrected chi connectivity index (χ4v) is 1.51. The lowest BCUT2D eigenvalue weighted by Gasteiger charge is -2.03. The van der Waals surface area contributed by atoms with Gasteiger partial charge >= 0.3 is 11.7 Å². The fraction of sp³-hybridized carbons (Fsp3) is 0. The molecule has 0 aliphatic carbocycles. The Balaban J connectivity index is 3.80. The van der Waals surface area contributed by atoms with Crippen molar-refractivity contribution in [3.63, 3.8) is 0 Å². The molecule has 0 amide bonds. The van der Waals surface area contributed by atoms with Crippen LogP contribution in [0, 0.1) is 27.3 Å². The van der Waals surface area contributed by atoms with Gasteiger partial charge in [0.2, 0.25) is 0 Å². The Morgan fingerprint density at radius 2 is 2.25 bits per heavy atom. The van der Waals surface area contributed by atoms with Crippen LogP contribution in [0.5, 0.6) is 0 Å². The summed E-state index contributed by atoms with van der Waals surface area (Å²) in [5, 5.41) is 27.8. The van der Waals surface area contributed by atoms with E-state index >= 15 is 0 Å². The molecule has 0 saturated carbocycles. The van der Waals surface area contributed by atoms with E-state index in [1.165, 1.54) is 6.07 Å². The summed E-state index contributed by atoms with van der Waals surface area (Å²) in [6.07, 6.45) is 0. The zero-order valence-corrected chi connectivity index (χ0v) is 8.99. The van der Waals surface area contributed by atoms with E-state index in [4.69, 9.17) is 10.4 Å². The van der Waals surface area contributed by atoms with E-state index in [0.717, 1.165) is 6.07 Å². The molecule has 0 aliphatic rings. The van der Waals surface area contributed by atoms with Gasteiger partial charge in [0.05, 0.1) is 9.40 Å². The monoisotopic (exact) mass is 288 g/mol. The molecule has 1 rings (SSSR count). The number of benzene rings is 1. The predicted octanol–water partition coefficient (Wildman–Crippen LogP) is 2.07. The van der Waals surface area contributed by atoms with E-state index in [1.54, 1.807) is 0 Å². The summed E-state index contributed by atoms with van der Waals surface area (Å²) in [7, 11) is 0. The van der Waals surface area contributed by atoms with Crippen molar-refractivity contribution in [1.82, 2.24) is 0 Å². The summed E-state index contributed by atoms with van der Waals surface area (Å²) in [5.41, 5.74) is -2.69. The van der Waals surface area contributed by atoms with E-state index in [2.05, 4.69) is 15.9 Å². The molecule has 0 radical (unpaired) electrons. The number of halogens is 2. The molecular weight excluding hydrogens is 287 g/mol. The van der Waals surface area contributed by atoms with Crippen molar-refractivity contribution >= 4 is 27.6 Å². The van der Waals surface area contributed by atoms with Crippen LogP contribution in [0.15, 0.2) is 10.5 Å². The summed E-state index contributed by atoms with van der Waals surface area (Å²) in [4.78, 5) is 20.2. The van der Waals surface area contributed by atoms with Crippen molar-refractivity contribution in [2.45, 2.75) is 0 Å². The van der Waals surface area contributed by atoms with Crippen LogP contribution in [0.4, 0.5) is 10.1 Å². The highest BCUT2D eigenvalue weighted by molar-refractivity contribution is 9.10. The first-order valence-electron chi connectivity index (χ1n) is 3.70. The Morgan fingerprint density at radius 1 is 1.69 bits per heavy atom. The molecule has 1 aromatic rings. The number of carbonyl (C=O) groups is 1. The summed E-state index contributed by atoms with van der Waals surface area (Å²) in [6.45, 7) is 0. The minimum absolute atomic E-state index is 0.313. The van der Waals surface area contributed by atoms with Gasteiger partial charge in [-0.1, -0.05) is 0 Å². The molecule has 82 valence electrons. The predicted molar refractivity (Wildman–Crippen MR) is 52.4 cm³/mol. The zero-order valence-electron chi connectivity index (χ0n) is 7.40. The molecule has 8 heteroatoms. The first kappa shape index (κ1) is 12.1. The Bertz CT molecular complexity index is 538. The van der Waals surface area contributed by atoms with E-state index in [0.29, 0.717) is 0 Å². The minimum Gasteiger partial charge on any atom is -0.477 e. The van der Waals surface area contributed by atoms with Crippen LogP contribution in [0.25, 0.3) is 0 Å². The SMILES string of the molecule is N#Cc1cc(Br)c(F)c(C(=O)O)c1[N+](=O)[O-]. The van der Waals surface area contributed by atoms with Crippen LogP contribution in [0.1, 0.15) is 15.9 Å². The van der Waals surface area contributed by atoms with Crippen LogP contribution in [-0.2, 0) is 0 Å². The third-order valence-electron chi connectivity index (χ3n) is 1.71. The Morgan fingerprint density at radius 3 is 2.62 bits per heavy atom. The molecule has 0 atom stereocenters. The van der Waals surface area contributed by atoms with Gasteiger partial charge < -0.3 is 5.11 Å². The van der Waals surface area contributed by atoms with Crippen molar-refractivity contribution in [3.05, 3.63) is 37.6 Å². The van der Waals surface area contributed by atoms with Crippen LogP contribution >= 0.6 is 15.9 Å². The van der Waals surface area contributed by atoms with E-state index in [1.807, 2.05) is 0 Å². The highest BCUT2D eigenvalue weighted by Crippen LogP contribution is 2.31. The molecule has 6 nitrogen and oxygen atoms in total. The molecule has 0 aromatic heterocycles. The maximum Gasteiger partial charge on any atom is 0.345 e. The molecule has 0 heterocycles. The number of nitrogens with zero attached hydrogens (tertiary/aromatic N) is 2. The number of rotatable bonds is 2. The number of nitro groups is 1. The van der Waals surface area contributed by atoms with E-state index < -0.39 is 33.5 Å². The van der Waals surface area contributed by atoms with Crippen LogP contribution in [0.2, 0.25) is 0 Å². The van der Waals surface area contributed by atoms with Crippen molar-refractivity contribution in [3.8, 4) is 6.07 Å². The lowest BCUT2D eigenvalue weighted by atomic mass is 10.1. The summed E-state index contributed by atoms with van der Waals surface area (Å²) < 4.78 is 13.0. The quantitative estimate of drug-likeness (QED) is 0.662. The van der Waals surface area contributed by atoms with Crippen LogP contribution < -0.4 is 0 Å². The highest BCUT2D eigenvalue weighted by atomic mass is 79.9. The average molecular weight is 289 g/mol. The maximum absolute atomic E-state index is 13.3. The number of nitriles is 1. The number of hydrogen-bond acceptors (Lipinski definition) is 4. The van der Waals surface area contributed by atoms with Crippen molar-refractivity contribution in [2.24, 2.45) is 0 Å². The minimum atomic E-state index is -1.80. The molecule has 16 heavy (non-hydrogen) atoms. The molecule has 0 spiro atoms. The standard InChI is InChI=1S/C8H2BrFN2O4/c9-4-1-3(2-11)7(12(15)16)5(6(4)10)8(13)14/h1H,(H,13,14). The fourth-order valence-electron chi connectivity index (χ4n) is 1.09. The van der Waals surface area contributed by atoms with Crippen LogP contribution in [-0.4, -0.2) is 16.0 Å². The second kappa shape index (κ2) is 4.24. The normalized spacial score (nSPS) is 9.56. The highest BCUT2D eigenvalue weighted by Gasteiger charge is 2.30. The molecule has 1 aromatic carbocycles. The third-order valence-corrected chi connectivity index (χ3v) is 2.29. The molecule has 0 saturated heterocycles. The number of carboxylic acids is 1. The van der Waals surface area contributed by atoms with Gasteiger partial charge in [0.25, 0.3) is 0 Å². The average Bonchev–Trinajstić information content (AvgIpc) is 2.19. The van der Waals surface area contributed by atoms with E-state index in [9.17, 15) is 19.3 Å².